The van der Waals surface area contributed by atoms with Gasteiger partial charge in [-0.05, 0) is 50.1 Å². The highest BCUT2D eigenvalue weighted by Gasteiger charge is 2.34. The monoisotopic (exact) mass is 454 g/mol. The summed E-state index contributed by atoms with van der Waals surface area (Å²) < 4.78 is 66.6. The normalized spacial score (nSPS) is 15.8. The first-order valence-electron chi connectivity index (χ1n) is 10.1. The van der Waals surface area contributed by atoms with Gasteiger partial charge in [0.1, 0.15) is 0 Å². The van der Waals surface area contributed by atoms with Crippen molar-refractivity contribution in [1.82, 2.24) is 4.31 Å². The molecule has 9 heteroatoms. The van der Waals surface area contributed by atoms with Gasteiger partial charge in [0.05, 0.1) is 17.0 Å². The van der Waals surface area contributed by atoms with Crippen molar-refractivity contribution in [2.24, 2.45) is 0 Å². The summed E-state index contributed by atoms with van der Waals surface area (Å²) in [5.41, 5.74) is -0.0108. The Balaban J connectivity index is 1.83. The molecule has 5 nitrogen and oxygen atoms in total. The Labute approximate surface area is 180 Å². The van der Waals surface area contributed by atoms with Gasteiger partial charge in [-0.2, -0.15) is 17.5 Å². The van der Waals surface area contributed by atoms with E-state index in [1.165, 1.54) is 28.6 Å². The molecule has 1 N–H and O–H groups in total. The third kappa shape index (κ3) is 5.86. The second-order valence-corrected chi connectivity index (χ2v) is 9.67. The van der Waals surface area contributed by atoms with Crippen molar-refractivity contribution >= 4 is 21.6 Å². The number of nitrogens with one attached hydrogen (secondary N) is 1. The van der Waals surface area contributed by atoms with Crippen LogP contribution in [-0.2, 0) is 21.0 Å². The van der Waals surface area contributed by atoms with E-state index in [9.17, 15) is 26.4 Å². The quantitative estimate of drug-likeness (QED) is 0.670. The number of carbonyl (C=O) groups excluding carboxylic acids is 1. The Morgan fingerprint density at radius 2 is 1.71 bits per heavy atom. The van der Waals surface area contributed by atoms with Crippen LogP contribution in [0.1, 0.15) is 43.2 Å². The van der Waals surface area contributed by atoms with E-state index in [1.807, 2.05) is 6.92 Å². The number of benzene rings is 2. The van der Waals surface area contributed by atoms with Crippen LogP contribution in [0.25, 0.3) is 0 Å². The Bertz CT molecular complexity index is 1020. The molecule has 168 valence electrons. The van der Waals surface area contributed by atoms with Crippen LogP contribution < -0.4 is 5.32 Å². The number of hydrogen-bond acceptors (Lipinski definition) is 3. The number of amides is 1. The molecule has 2 aromatic rings. The van der Waals surface area contributed by atoms with Crippen molar-refractivity contribution in [3.05, 3.63) is 59.7 Å². The van der Waals surface area contributed by atoms with Crippen LogP contribution in [0.15, 0.2) is 53.4 Å². The van der Waals surface area contributed by atoms with Gasteiger partial charge in [-0.15, -0.1) is 0 Å². The molecule has 0 aliphatic heterocycles. The Kier molecular flexibility index (Phi) is 7.06. The highest BCUT2D eigenvalue weighted by molar-refractivity contribution is 7.89. The molecular weight excluding hydrogens is 429 g/mol. The predicted octanol–water partition coefficient (Wildman–Crippen LogP) is 4.98. The van der Waals surface area contributed by atoms with Crippen LogP contribution in [0.5, 0.6) is 0 Å². The summed E-state index contributed by atoms with van der Waals surface area (Å²) in [6.45, 7) is 1.38. The standard InChI is InChI=1S/C22H25F3N2O3S/c1-16-10-12-20(13-11-16)31(29,30)27(19-8-3-2-4-9-19)15-21(28)26-18-7-5-6-17(14-18)22(23,24)25/h5-7,10-14,19H,2-4,8-9,15H2,1H3,(H,26,28). The summed E-state index contributed by atoms with van der Waals surface area (Å²) in [6, 6.07) is 10.3. The fourth-order valence-corrected chi connectivity index (χ4v) is 5.38. The summed E-state index contributed by atoms with van der Waals surface area (Å²) in [5, 5.41) is 2.41. The highest BCUT2D eigenvalue weighted by Crippen LogP contribution is 2.31. The largest absolute Gasteiger partial charge is 0.416 e. The van der Waals surface area contributed by atoms with Crippen LogP contribution in [0.2, 0.25) is 0 Å². The molecule has 1 aliphatic carbocycles. The fourth-order valence-electron chi connectivity index (χ4n) is 3.74. The molecule has 0 aromatic heterocycles. The van der Waals surface area contributed by atoms with Crippen molar-refractivity contribution in [3.8, 4) is 0 Å². The number of alkyl halides is 3. The molecule has 31 heavy (non-hydrogen) atoms. The molecule has 1 aliphatic rings. The molecule has 0 bridgehead atoms. The molecule has 0 unspecified atom stereocenters. The van der Waals surface area contributed by atoms with Gasteiger partial charge in [-0.3, -0.25) is 4.79 Å². The predicted molar refractivity (Wildman–Crippen MR) is 112 cm³/mol. The SMILES string of the molecule is Cc1ccc(S(=O)(=O)N(CC(=O)Nc2cccc(C(F)(F)F)c2)C2CCCCC2)cc1. The maximum absolute atomic E-state index is 13.3. The third-order valence-corrected chi connectivity index (χ3v) is 7.30. The van der Waals surface area contributed by atoms with Gasteiger partial charge in [0.15, 0.2) is 0 Å². The first-order valence-corrected chi connectivity index (χ1v) is 11.6. The van der Waals surface area contributed by atoms with Crippen LogP contribution in [-0.4, -0.2) is 31.2 Å². The summed E-state index contributed by atoms with van der Waals surface area (Å²) >= 11 is 0. The van der Waals surface area contributed by atoms with E-state index in [2.05, 4.69) is 5.32 Å². The number of sulfonamides is 1. The van der Waals surface area contributed by atoms with Gasteiger partial charge in [0, 0.05) is 11.7 Å². The van der Waals surface area contributed by atoms with E-state index < -0.39 is 34.2 Å². The van der Waals surface area contributed by atoms with E-state index in [4.69, 9.17) is 0 Å². The van der Waals surface area contributed by atoms with Gasteiger partial charge < -0.3 is 5.32 Å². The smallest absolute Gasteiger partial charge is 0.325 e. The number of nitrogens with zero attached hydrogens (tertiary/aromatic N) is 1. The molecule has 1 amide bonds. The third-order valence-electron chi connectivity index (χ3n) is 5.38. The van der Waals surface area contributed by atoms with Gasteiger partial charge in [-0.1, -0.05) is 43.0 Å². The van der Waals surface area contributed by atoms with E-state index in [-0.39, 0.29) is 16.6 Å². The zero-order valence-corrected chi connectivity index (χ0v) is 18.0. The number of aryl methyl sites for hydroxylation is 1. The summed E-state index contributed by atoms with van der Waals surface area (Å²) in [6.07, 6.45) is -0.529. The summed E-state index contributed by atoms with van der Waals surface area (Å²) in [4.78, 5) is 12.8. The number of carbonyl (C=O) groups is 1. The minimum absolute atomic E-state index is 0.0313. The van der Waals surface area contributed by atoms with Gasteiger partial charge >= 0.3 is 6.18 Å². The number of anilines is 1. The highest BCUT2D eigenvalue weighted by atomic mass is 32.2. The van der Waals surface area contributed by atoms with E-state index in [0.717, 1.165) is 37.0 Å². The van der Waals surface area contributed by atoms with Crippen molar-refractivity contribution in [3.63, 3.8) is 0 Å². The molecule has 3 rings (SSSR count). The van der Waals surface area contributed by atoms with Crippen molar-refractivity contribution in [2.45, 2.75) is 56.1 Å². The maximum Gasteiger partial charge on any atom is 0.416 e. The van der Waals surface area contributed by atoms with E-state index in [0.29, 0.717) is 12.8 Å². The second-order valence-electron chi connectivity index (χ2n) is 7.78. The number of rotatable bonds is 6. The molecule has 1 saturated carbocycles. The molecular formula is C22H25F3N2O3S. The van der Waals surface area contributed by atoms with Crippen LogP contribution in [0.3, 0.4) is 0 Å². The van der Waals surface area contributed by atoms with Crippen molar-refractivity contribution in [1.29, 1.82) is 0 Å². The summed E-state index contributed by atoms with van der Waals surface area (Å²) in [7, 11) is -3.94. The van der Waals surface area contributed by atoms with E-state index in [1.54, 1.807) is 12.1 Å². The number of hydrogen-bond donors (Lipinski definition) is 1. The Morgan fingerprint density at radius 1 is 1.06 bits per heavy atom. The molecule has 0 atom stereocenters. The average molecular weight is 455 g/mol. The van der Waals surface area contributed by atoms with Gasteiger partial charge in [-0.25, -0.2) is 8.42 Å². The first kappa shape index (κ1) is 23.3. The lowest BCUT2D eigenvalue weighted by molar-refractivity contribution is -0.137. The lowest BCUT2D eigenvalue weighted by Gasteiger charge is -2.33. The minimum Gasteiger partial charge on any atom is -0.325 e. The zero-order valence-electron chi connectivity index (χ0n) is 17.2. The molecule has 0 radical (unpaired) electrons. The second kappa shape index (κ2) is 9.40. The molecule has 0 heterocycles. The minimum atomic E-state index is -4.54. The van der Waals surface area contributed by atoms with Crippen molar-refractivity contribution in [2.75, 3.05) is 11.9 Å². The average Bonchev–Trinajstić information content (AvgIpc) is 2.72. The molecule has 0 spiro atoms. The summed E-state index contributed by atoms with van der Waals surface area (Å²) in [5.74, 6) is -0.680. The fraction of sp³-hybridized carbons (Fsp3) is 0.409. The van der Waals surface area contributed by atoms with Crippen molar-refractivity contribution < 1.29 is 26.4 Å². The molecule has 2 aromatic carbocycles. The van der Waals surface area contributed by atoms with Crippen LogP contribution in [0.4, 0.5) is 18.9 Å². The Morgan fingerprint density at radius 3 is 2.32 bits per heavy atom. The zero-order chi connectivity index (χ0) is 22.6. The number of halogens is 3. The Hall–Kier alpha value is -2.39. The van der Waals surface area contributed by atoms with E-state index >= 15 is 0 Å². The lowest BCUT2D eigenvalue weighted by Crippen LogP contribution is -2.45. The van der Waals surface area contributed by atoms with Gasteiger partial charge in [0.2, 0.25) is 15.9 Å². The van der Waals surface area contributed by atoms with Crippen LogP contribution >= 0.6 is 0 Å². The maximum atomic E-state index is 13.3. The van der Waals surface area contributed by atoms with Crippen LogP contribution in [0, 0.1) is 6.92 Å². The first-order chi connectivity index (χ1) is 14.6. The van der Waals surface area contributed by atoms with Gasteiger partial charge in [0.25, 0.3) is 0 Å². The molecule has 1 fully saturated rings. The molecule has 0 saturated heterocycles. The topological polar surface area (TPSA) is 66.5 Å². The lowest BCUT2D eigenvalue weighted by atomic mass is 9.95.